The van der Waals surface area contributed by atoms with Gasteiger partial charge in [0.1, 0.15) is 0 Å². The molecule has 2 aliphatic rings. The molecule has 3 nitrogen and oxygen atoms in total. The predicted molar refractivity (Wildman–Crippen MR) is 86.9 cm³/mol. The fraction of sp³-hybridized carbons (Fsp3) is 1.00. The first-order valence-electron chi connectivity index (χ1n) is 8.79. The van der Waals surface area contributed by atoms with Gasteiger partial charge in [0.25, 0.3) is 0 Å². The van der Waals surface area contributed by atoms with Crippen molar-refractivity contribution in [3.05, 3.63) is 0 Å². The molecule has 0 aliphatic carbocycles. The molecule has 2 rings (SSSR count). The second-order valence-electron chi connectivity index (χ2n) is 7.34. The van der Waals surface area contributed by atoms with Crippen LogP contribution < -0.4 is 5.73 Å². The zero-order valence-electron chi connectivity index (χ0n) is 13.9. The van der Waals surface area contributed by atoms with E-state index < -0.39 is 0 Å². The van der Waals surface area contributed by atoms with Crippen molar-refractivity contribution in [2.45, 2.75) is 58.4 Å². The molecule has 2 aliphatic heterocycles. The van der Waals surface area contributed by atoms with Gasteiger partial charge in [-0.05, 0) is 76.7 Å². The van der Waals surface area contributed by atoms with Gasteiger partial charge in [-0.15, -0.1) is 0 Å². The maximum atomic E-state index is 6.22. The first kappa shape index (κ1) is 16.3. The molecule has 2 heterocycles. The second-order valence-corrected chi connectivity index (χ2v) is 7.34. The molecule has 0 aromatic rings. The first-order valence-corrected chi connectivity index (χ1v) is 8.79. The summed E-state index contributed by atoms with van der Waals surface area (Å²) < 4.78 is 0. The average Bonchev–Trinajstić information content (AvgIpc) is 2.49. The van der Waals surface area contributed by atoms with Crippen molar-refractivity contribution in [3.8, 4) is 0 Å². The Hall–Kier alpha value is -0.120. The van der Waals surface area contributed by atoms with Crippen molar-refractivity contribution < 1.29 is 0 Å². The lowest BCUT2D eigenvalue weighted by atomic mass is 9.80. The van der Waals surface area contributed by atoms with Crippen LogP contribution in [0.5, 0.6) is 0 Å². The van der Waals surface area contributed by atoms with Crippen LogP contribution in [0, 0.1) is 11.8 Å². The molecule has 0 aromatic heterocycles. The zero-order chi connectivity index (χ0) is 14.6. The van der Waals surface area contributed by atoms with Crippen LogP contribution in [0.4, 0.5) is 0 Å². The topological polar surface area (TPSA) is 32.5 Å². The van der Waals surface area contributed by atoms with E-state index in [0.29, 0.717) is 5.54 Å². The van der Waals surface area contributed by atoms with Crippen LogP contribution in [0.2, 0.25) is 0 Å². The van der Waals surface area contributed by atoms with E-state index in [-0.39, 0.29) is 0 Å². The van der Waals surface area contributed by atoms with E-state index in [1.165, 1.54) is 64.8 Å². The molecule has 0 spiro atoms. The van der Waals surface area contributed by atoms with E-state index in [1.54, 1.807) is 0 Å². The summed E-state index contributed by atoms with van der Waals surface area (Å²) in [7, 11) is 0. The van der Waals surface area contributed by atoms with Crippen molar-refractivity contribution >= 4 is 0 Å². The zero-order valence-corrected chi connectivity index (χ0v) is 13.9. The Morgan fingerprint density at radius 2 is 1.70 bits per heavy atom. The lowest BCUT2D eigenvalue weighted by molar-refractivity contribution is -0.000441. The standard InChI is InChI=1S/C17H35N3/c1-4-9-19-12-7-17(14-18,8-13-19)20-10-5-16(6-11-20)15(2)3/h15-16H,4-14,18H2,1-3H3. The van der Waals surface area contributed by atoms with Crippen LogP contribution in [-0.4, -0.2) is 54.6 Å². The molecule has 0 amide bonds. The second kappa shape index (κ2) is 7.24. The third kappa shape index (κ3) is 3.55. The largest absolute Gasteiger partial charge is 0.329 e. The van der Waals surface area contributed by atoms with Gasteiger partial charge in [-0.3, -0.25) is 4.90 Å². The minimum Gasteiger partial charge on any atom is -0.329 e. The van der Waals surface area contributed by atoms with Crippen LogP contribution in [-0.2, 0) is 0 Å². The number of nitrogens with two attached hydrogens (primary N) is 1. The fourth-order valence-corrected chi connectivity index (χ4v) is 4.20. The van der Waals surface area contributed by atoms with Gasteiger partial charge in [-0.1, -0.05) is 20.8 Å². The van der Waals surface area contributed by atoms with Crippen molar-refractivity contribution in [1.29, 1.82) is 0 Å². The summed E-state index contributed by atoms with van der Waals surface area (Å²) in [6.07, 6.45) is 6.57. The Labute approximate surface area is 125 Å². The average molecular weight is 281 g/mol. The minimum atomic E-state index is 0.312. The molecule has 2 N–H and O–H groups in total. The van der Waals surface area contributed by atoms with Gasteiger partial charge in [0.15, 0.2) is 0 Å². The summed E-state index contributed by atoms with van der Waals surface area (Å²) in [4.78, 5) is 5.37. The van der Waals surface area contributed by atoms with Gasteiger partial charge in [0.2, 0.25) is 0 Å². The number of nitrogens with zero attached hydrogens (tertiary/aromatic N) is 2. The van der Waals surface area contributed by atoms with E-state index in [4.69, 9.17) is 5.73 Å². The normalized spacial score (nSPS) is 26.2. The number of piperidine rings is 2. The highest BCUT2D eigenvalue weighted by Crippen LogP contribution is 2.34. The number of hydrogen-bond acceptors (Lipinski definition) is 3. The van der Waals surface area contributed by atoms with Crippen LogP contribution >= 0.6 is 0 Å². The van der Waals surface area contributed by atoms with Crippen LogP contribution in [0.15, 0.2) is 0 Å². The van der Waals surface area contributed by atoms with E-state index in [0.717, 1.165) is 18.4 Å². The van der Waals surface area contributed by atoms with Crippen LogP contribution in [0.25, 0.3) is 0 Å². The Morgan fingerprint density at radius 3 is 2.15 bits per heavy atom. The van der Waals surface area contributed by atoms with Gasteiger partial charge >= 0.3 is 0 Å². The van der Waals surface area contributed by atoms with Gasteiger partial charge in [-0.2, -0.15) is 0 Å². The highest BCUT2D eigenvalue weighted by atomic mass is 15.2. The number of hydrogen-bond donors (Lipinski definition) is 1. The number of likely N-dealkylation sites (tertiary alicyclic amines) is 2. The molecule has 0 atom stereocenters. The molecule has 2 fully saturated rings. The molecule has 2 saturated heterocycles. The third-order valence-electron chi connectivity index (χ3n) is 5.86. The molecular formula is C17H35N3. The van der Waals surface area contributed by atoms with Gasteiger partial charge in [-0.25, -0.2) is 0 Å². The third-order valence-corrected chi connectivity index (χ3v) is 5.86. The van der Waals surface area contributed by atoms with Crippen LogP contribution in [0.3, 0.4) is 0 Å². The molecule has 0 saturated carbocycles. The highest BCUT2D eigenvalue weighted by Gasteiger charge is 2.40. The summed E-state index contributed by atoms with van der Waals surface area (Å²) in [5.41, 5.74) is 6.53. The molecular weight excluding hydrogens is 246 g/mol. The van der Waals surface area contributed by atoms with Crippen molar-refractivity contribution in [2.75, 3.05) is 39.3 Å². The Balaban J connectivity index is 1.89. The Kier molecular flexibility index (Phi) is 5.88. The molecule has 0 aromatic carbocycles. The summed E-state index contributed by atoms with van der Waals surface area (Å²) in [5.74, 6) is 1.78. The Bertz CT molecular complexity index is 274. The summed E-state index contributed by atoms with van der Waals surface area (Å²) in [5, 5.41) is 0. The maximum absolute atomic E-state index is 6.22. The lowest BCUT2D eigenvalue weighted by Gasteiger charge is -2.51. The summed E-state index contributed by atoms with van der Waals surface area (Å²) in [6.45, 7) is 14.2. The SMILES string of the molecule is CCCN1CCC(CN)(N2CCC(C(C)C)CC2)CC1. The van der Waals surface area contributed by atoms with Crippen LogP contribution in [0.1, 0.15) is 52.9 Å². The quantitative estimate of drug-likeness (QED) is 0.840. The first-order chi connectivity index (χ1) is 9.61. The van der Waals surface area contributed by atoms with E-state index >= 15 is 0 Å². The fourth-order valence-electron chi connectivity index (χ4n) is 4.20. The number of rotatable bonds is 5. The van der Waals surface area contributed by atoms with Crippen molar-refractivity contribution in [3.63, 3.8) is 0 Å². The van der Waals surface area contributed by atoms with Gasteiger partial charge < -0.3 is 10.6 Å². The van der Waals surface area contributed by atoms with Crippen molar-refractivity contribution in [2.24, 2.45) is 17.6 Å². The summed E-state index contributed by atoms with van der Waals surface area (Å²) >= 11 is 0. The van der Waals surface area contributed by atoms with Gasteiger partial charge in [0, 0.05) is 12.1 Å². The molecule has 0 unspecified atom stereocenters. The molecule has 3 heteroatoms. The lowest BCUT2D eigenvalue weighted by Crippen LogP contribution is -2.61. The van der Waals surface area contributed by atoms with E-state index in [2.05, 4.69) is 30.6 Å². The molecule has 20 heavy (non-hydrogen) atoms. The predicted octanol–water partition coefficient (Wildman–Crippen LogP) is 2.56. The van der Waals surface area contributed by atoms with Crippen molar-refractivity contribution in [1.82, 2.24) is 9.80 Å². The van der Waals surface area contributed by atoms with E-state index in [1.807, 2.05) is 0 Å². The minimum absolute atomic E-state index is 0.312. The molecule has 0 radical (unpaired) electrons. The highest BCUT2D eigenvalue weighted by molar-refractivity contribution is 4.97. The Morgan fingerprint density at radius 1 is 1.10 bits per heavy atom. The summed E-state index contributed by atoms with van der Waals surface area (Å²) in [6, 6.07) is 0. The molecule has 0 bridgehead atoms. The van der Waals surface area contributed by atoms with E-state index in [9.17, 15) is 0 Å². The molecule has 118 valence electrons. The maximum Gasteiger partial charge on any atom is 0.0356 e. The van der Waals surface area contributed by atoms with Gasteiger partial charge in [0.05, 0.1) is 0 Å². The monoisotopic (exact) mass is 281 g/mol. The smallest absolute Gasteiger partial charge is 0.0356 e.